The van der Waals surface area contributed by atoms with Gasteiger partial charge in [0.1, 0.15) is 6.26 Å². The Hall–Kier alpha value is -1.61. The van der Waals surface area contributed by atoms with Gasteiger partial charge in [0.25, 0.3) is 0 Å². The number of benzene rings is 1. The molecule has 1 aromatic carbocycles. The largest absolute Gasteiger partial charge is 0.445 e. The van der Waals surface area contributed by atoms with Crippen LogP contribution in [0.1, 0.15) is 18.6 Å². The summed E-state index contributed by atoms with van der Waals surface area (Å²) < 4.78 is 5.15. The van der Waals surface area contributed by atoms with Crippen LogP contribution in [0.5, 0.6) is 0 Å². The summed E-state index contributed by atoms with van der Waals surface area (Å²) in [7, 11) is 0. The number of oxazole rings is 1. The van der Waals surface area contributed by atoms with Crippen LogP contribution in [0.3, 0.4) is 0 Å². The Bertz CT molecular complexity index is 390. The Morgan fingerprint density at radius 1 is 1.29 bits per heavy atom. The van der Waals surface area contributed by atoms with E-state index in [1.807, 2.05) is 24.3 Å². The first-order valence-corrected chi connectivity index (χ1v) is 4.45. The van der Waals surface area contributed by atoms with Crippen molar-refractivity contribution in [2.75, 3.05) is 0 Å². The van der Waals surface area contributed by atoms with E-state index in [4.69, 9.17) is 4.42 Å². The molecule has 0 fully saturated rings. The molecule has 14 heavy (non-hydrogen) atoms. The molecule has 1 N–H and O–H groups in total. The Balaban J connectivity index is 2.31. The molecule has 0 aliphatic heterocycles. The van der Waals surface area contributed by atoms with Gasteiger partial charge in [0, 0.05) is 5.56 Å². The number of rotatable bonds is 2. The molecule has 0 radical (unpaired) electrons. The molecule has 0 amide bonds. The van der Waals surface area contributed by atoms with Crippen LogP contribution in [-0.4, -0.2) is 10.1 Å². The summed E-state index contributed by atoms with van der Waals surface area (Å²) in [5.74, 6) is 0.599. The molecule has 0 aliphatic carbocycles. The fourth-order valence-corrected chi connectivity index (χ4v) is 1.27. The molecule has 1 aromatic heterocycles. The zero-order chi connectivity index (χ0) is 9.97. The molecular formula is C11H11NO2. The van der Waals surface area contributed by atoms with Crippen LogP contribution >= 0.6 is 0 Å². The van der Waals surface area contributed by atoms with Crippen molar-refractivity contribution in [2.45, 2.75) is 13.0 Å². The van der Waals surface area contributed by atoms with Crippen molar-refractivity contribution in [1.82, 2.24) is 4.98 Å². The lowest BCUT2D eigenvalue weighted by Gasteiger charge is -2.03. The minimum Gasteiger partial charge on any atom is -0.445 e. The maximum absolute atomic E-state index is 9.31. The third kappa shape index (κ3) is 1.67. The van der Waals surface area contributed by atoms with Gasteiger partial charge >= 0.3 is 0 Å². The molecule has 2 rings (SSSR count). The Kier molecular flexibility index (Phi) is 2.33. The minimum atomic E-state index is -0.436. The van der Waals surface area contributed by atoms with Crippen LogP contribution in [0, 0.1) is 0 Å². The number of aliphatic hydroxyl groups is 1. The fraction of sp³-hybridized carbons (Fsp3) is 0.182. The summed E-state index contributed by atoms with van der Waals surface area (Å²) in [6.07, 6.45) is 2.71. The third-order valence-corrected chi connectivity index (χ3v) is 2.07. The first-order valence-electron chi connectivity index (χ1n) is 4.45. The van der Waals surface area contributed by atoms with E-state index in [9.17, 15) is 5.11 Å². The van der Waals surface area contributed by atoms with E-state index in [2.05, 4.69) is 4.98 Å². The molecule has 1 heterocycles. The van der Waals surface area contributed by atoms with Gasteiger partial charge in [-0.05, 0) is 24.6 Å². The molecular weight excluding hydrogens is 178 g/mol. The van der Waals surface area contributed by atoms with E-state index >= 15 is 0 Å². The highest BCUT2D eigenvalue weighted by atomic mass is 16.3. The van der Waals surface area contributed by atoms with Crippen molar-refractivity contribution in [3.8, 4) is 11.5 Å². The first kappa shape index (κ1) is 8.97. The molecule has 3 nitrogen and oxygen atoms in total. The molecule has 2 aromatic rings. The quantitative estimate of drug-likeness (QED) is 0.789. The summed E-state index contributed by atoms with van der Waals surface area (Å²) in [6, 6.07) is 7.50. The maximum atomic E-state index is 9.31. The molecule has 72 valence electrons. The van der Waals surface area contributed by atoms with Crippen molar-refractivity contribution < 1.29 is 9.52 Å². The van der Waals surface area contributed by atoms with Crippen LogP contribution in [0.15, 0.2) is 41.1 Å². The van der Waals surface area contributed by atoms with Gasteiger partial charge in [-0.25, -0.2) is 4.98 Å². The lowest BCUT2D eigenvalue weighted by molar-refractivity contribution is 0.199. The van der Waals surface area contributed by atoms with Gasteiger partial charge in [0.2, 0.25) is 5.89 Å². The topological polar surface area (TPSA) is 46.3 Å². The first-order chi connectivity index (χ1) is 6.77. The predicted octanol–water partition coefficient (Wildman–Crippen LogP) is 2.39. The summed E-state index contributed by atoms with van der Waals surface area (Å²) >= 11 is 0. The van der Waals surface area contributed by atoms with Crippen molar-refractivity contribution >= 4 is 0 Å². The average Bonchev–Trinajstić information content (AvgIpc) is 2.71. The average molecular weight is 189 g/mol. The third-order valence-electron chi connectivity index (χ3n) is 2.07. The van der Waals surface area contributed by atoms with Gasteiger partial charge in [-0.3, -0.25) is 0 Å². The molecule has 0 saturated carbocycles. The standard InChI is InChI=1S/C11H11NO2/c1-8(13)9-2-4-10(5-3-9)11-12-6-7-14-11/h2-8,13H,1H3. The highest BCUT2D eigenvalue weighted by Crippen LogP contribution is 2.19. The van der Waals surface area contributed by atoms with Crippen molar-refractivity contribution in [2.24, 2.45) is 0 Å². The molecule has 0 bridgehead atoms. The van der Waals surface area contributed by atoms with Gasteiger partial charge in [-0.15, -0.1) is 0 Å². The van der Waals surface area contributed by atoms with E-state index < -0.39 is 6.10 Å². The molecule has 0 spiro atoms. The maximum Gasteiger partial charge on any atom is 0.225 e. The van der Waals surface area contributed by atoms with Gasteiger partial charge in [-0.2, -0.15) is 0 Å². The van der Waals surface area contributed by atoms with E-state index in [1.54, 1.807) is 13.1 Å². The molecule has 1 unspecified atom stereocenters. The number of hydrogen-bond donors (Lipinski definition) is 1. The summed E-state index contributed by atoms with van der Waals surface area (Å²) in [5.41, 5.74) is 1.81. The van der Waals surface area contributed by atoms with Crippen molar-refractivity contribution in [1.29, 1.82) is 0 Å². The SMILES string of the molecule is CC(O)c1ccc(-c2ncco2)cc1. The summed E-state index contributed by atoms with van der Waals surface area (Å²) in [4.78, 5) is 4.03. The summed E-state index contributed by atoms with van der Waals surface area (Å²) in [5, 5.41) is 9.31. The normalized spacial score (nSPS) is 12.7. The van der Waals surface area contributed by atoms with Crippen molar-refractivity contribution in [3.05, 3.63) is 42.3 Å². The van der Waals surface area contributed by atoms with Crippen LogP contribution in [0.25, 0.3) is 11.5 Å². The fourth-order valence-electron chi connectivity index (χ4n) is 1.27. The van der Waals surface area contributed by atoms with Crippen LogP contribution in [0.4, 0.5) is 0 Å². The van der Waals surface area contributed by atoms with Crippen molar-refractivity contribution in [3.63, 3.8) is 0 Å². The van der Waals surface area contributed by atoms with Crippen LogP contribution < -0.4 is 0 Å². The Morgan fingerprint density at radius 2 is 2.00 bits per heavy atom. The van der Waals surface area contributed by atoms with E-state index in [1.165, 1.54) is 6.26 Å². The van der Waals surface area contributed by atoms with E-state index in [0.717, 1.165) is 11.1 Å². The minimum absolute atomic E-state index is 0.436. The van der Waals surface area contributed by atoms with E-state index in [-0.39, 0.29) is 0 Å². The van der Waals surface area contributed by atoms with E-state index in [0.29, 0.717) is 5.89 Å². The van der Waals surface area contributed by atoms with Gasteiger partial charge < -0.3 is 9.52 Å². The number of aliphatic hydroxyl groups excluding tert-OH is 1. The van der Waals surface area contributed by atoms with Crippen LogP contribution in [-0.2, 0) is 0 Å². The second-order valence-electron chi connectivity index (χ2n) is 3.14. The molecule has 0 saturated heterocycles. The molecule has 0 aliphatic rings. The monoisotopic (exact) mass is 189 g/mol. The zero-order valence-corrected chi connectivity index (χ0v) is 7.84. The Morgan fingerprint density at radius 3 is 2.50 bits per heavy atom. The number of nitrogens with zero attached hydrogens (tertiary/aromatic N) is 1. The molecule has 3 heteroatoms. The van der Waals surface area contributed by atoms with Crippen LogP contribution in [0.2, 0.25) is 0 Å². The lowest BCUT2D eigenvalue weighted by Crippen LogP contribution is -1.89. The van der Waals surface area contributed by atoms with Gasteiger partial charge in [0.05, 0.1) is 12.3 Å². The number of aromatic nitrogens is 1. The highest BCUT2D eigenvalue weighted by molar-refractivity contribution is 5.53. The van der Waals surface area contributed by atoms with Gasteiger partial charge in [-0.1, -0.05) is 12.1 Å². The second kappa shape index (κ2) is 3.64. The summed E-state index contributed by atoms with van der Waals surface area (Å²) in [6.45, 7) is 1.74. The highest BCUT2D eigenvalue weighted by Gasteiger charge is 2.03. The molecule has 1 atom stereocenters. The lowest BCUT2D eigenvalue weighted by atomic mass is 10.1. The smallest absolute Gasteiger partial charge is 0.225 e. The number of hydrogen-bond acceptors (Lipinski definition) is 3. The Labute approximate surface area is 82.0 Å². The predicted molar refractivity (Wildman–Crippen MR) is 52.6 cm³/mol. The second-order valence-corrected chi connectivity index (χ2v) is 3.14. The van der Waals surface area contributed by atoms with Gasteiger partial charge in [0.15, 0.2) is 0 Å². The zero-order valence-electron chi connectivity index (χ0n) is 7.84.